The van der Waals surface area contributed by atoms with Crippen LogP contribution in [0.15, 0.2) is 41.5 Å². The lowest BCUT2D eigenvalue weighted by atomic mass is 9.89. The van der Waals surface area contributed by atoms with Crippen molar-refractivity contribution in [3.8, 4) is 11.5 Å². The van der Waals surface area contributed by atoms with Gasteiger partial charge in [0, 0.05) is 42.5 Å². The van der Waals surface area contributed by atoms with Crippen molar-refractivity contribution in [2.24, 2.45) is 5.10 Å². The van der Waals surface area contributed by atoms with Gasteiger partial charge in [-0.1, -0.05) is 12.1 Å². The fourth-order valence-electron chi connectivity index (χ4n) is 5.31. The van der Waals surface area contributed by atoms with Crippen LogP contribution in [0.3, 0.4) is 0 Å². The number of ether oxygens (including phenoxy) is 3. The SMILES string of the molecule is CNC(=O)N1N=C(c2ccc(N3CCC(C)(NC(=O)OC(C)(C)C)CC3)cc2)c2cc(OC)c(OC)cc2CC1C. The number of alkyl carbamates (subject to hydrolysis) is 1. The molecule has 2 N–H and O–H groups in total. The Balaban J connectivity index is 1.58. The van der Waals surface area contributed by atoms with E-state index in [4.69, 9.17) is 19.3 Å². The third-order valence-corrected chi connectivity index (χ3v) is 7.60. The highest BCUT2D eigenvalue weighted by molar-refractivity contribution is 6.14. The van der Waals surface area contributed by atoms with E-state index < -0.39 is 5.60 Å². The molecule has 1 atom stereocenters. The van der Waals surface area contributed by atoms with Gasteiger partial charge in [0.15, 0.2) is 11.5 Å². The van der Waals surface area contributed by atoms with E-state index in [0.717, 1.165) is 48.3 Å². The minimum atomic E-state index is -0.530. The highest BCUT2D eigenvalue weighted by atomic mass is 16.6. The Morgan fingerprint density at radius 1 is 1.02 bits per heavy atom. The van der Waals surface area contributed by atoms with Crippen LogP contribution < -0.4 is 25.0 Å². The monoisotopic (exact) mass is 565 g/mol. The van der Waals surface area contributed by atoms with Crippen LogP contribution in [0.1, 0.15) is 64.2 Å². The first-order chi connectivity index (χ1) is 19.4. The number of urea groups is 1. The Morgan fingerprint density at radius 3 is 2.20 bits per heavy atom. The molecule has 0 radical (unpaired) electrons. The predicted octanol–water partition coefficient (Wildman–Crippen LogP) is 4.93. The standard InChI is InChI=1S/C31H43N5O5/c1-20-17-22-18-25(39-7)26(40-8)19-24(22)27(34-36(20)28(37)32-6)21-9-11-23(12-10-21)35-15-13-31(5,14-16-35)33-29(38)41-30(2,3)4/h9-12,18-20H,13-17H2,1-8H3,(H,32,37)(H,33,38). The highest BCUT2D eigenvalue weighted by Gasteiger charge is 2.33. The summed E-state index contributed by atoms with van der Waals surface area (Å²) in [6.07, 6.45) is 1.83. The molecule has 0 aliphatic carbocycles. The molecule has 2 aromatic rings. The summed E-state index contributed by atoms with van der Waals surface area (Å²) >= 11 is 0. The summed E-state index contributed by atoms with van der Waals surface area (Å²) in [7, 11) is 4.83. The third-order valence-electron chi connectivity index (χ3n) is 7.60. The molecule has 1 saturated heterocycles. The average Bonchev–Trinajstić information content (AvgIpc) is 3.06. The number of fused-ring (bicyclic) bond motifs is 1. The quantitative estimate of drug-likeness (QED) is 0.533. The molecule has 2 aromatic carbocycles. The van der Waals surface area contributed by atoms with Crippen molar-refractivity contribution in [3.63, 3.8) is 0 Å². The van der Waals surface area contributed by atoms with Gasteiger partial charge in [0.25, 0.3) is 0 Å². The van der Waals surface area contributed by atoms with E-state index in [0.29, 0.717) is 23.6 Å². The molecule has 2 heterocycles. The molecule has 2 aliphatic rings. The van der Waals surface area contributed by atoms with Crippen LogP contribution in [-0.2, 0) is 11.2 Å². The smallest absolute Gasteiger partial charge is 0.408 e. The van der Waals surface area contributed by atoms with E-state index in [1.54, 1.807) is 21.3 Å². The number of hydrogen-bond acceptors (Lipinski definition) is 7. The van der Waals surface area contributed by atoms with Gasteiger partial charge in [0.05, 0.1) is 26.0 Å². The maximum absolute atomic E-state index is 12.8. The van der Waals surface area contributed by atoms with Gasteiger partial charge in [-0.25, -0.2) is 14.6 Å². The van der Waals surface area contributed by atoms with Crippen molar-refractivity contribution in [2.45, 2.75) is 71.1 Å². The van der Waals surface area contributed by atoms with E-state index >= 15 is 0 Å². The highest BCUT2D eigenvalue weighted by Crippen LogP contribution is 2.35. The molecule has 3 amide bonds. The molecule has 1 fully saturated rings. The van der Waals surface area contributed by atoms with Gasteiger partial charge < -0.3 is 29.7 Å². The average molecular weight is 566 g/mol. The number of hydrazone groups is 1. The van der Waals surface area contributed by atoms with E-state index in [2.05, 4.69) is 34.6 Å². The Bertz CT molecular complexity index is 1290. The number of nitrogens with zero attached hydrogens (tertiary/aromatic N) is 3. The number of benzene rings is 2. The van der Waals surface area contributed by atoms with Gasteiger partial charge in [-0.15, -0.1) is 0 Å². The maximum atomic E-state index is 12.8. The van der Waals surface area contributed by atoms with Crippen molar-refractivity contribution in [1.29, 1.82) is 0 Å². The third kappa shape index (κ3) is 6.86. The first-order valence-electron chi connectivity index (χ1n) is 14.1. The van der Waals surface area contributed by atoms with Gasteiger partial charge in [0.1, 0.15) is 5.60 Å². The normalized spacial score (nSPS) is 18.4. The first-order valence-corrected chi connectivity index (χ1v) is 14.1. The fraction of sp³-hybridized carbons (Fsp3) is 0.516. The first kappa shape index (κ1) is 30.0. The van der Waals surface area contributed by atoms with Crippen LogP contribution >= 0.6 is 0 Å². The topological polar surface area (TPSA) is 105 Å². The molecular formula is C31H43N5O5. The predicted molar refractivity (Wildman–Crippen MR) is 160 cm³/mol. The molecule has 10 nitrogen and oxygen atoms in total. The number of carbonyl (C=O) groups is 2. The lowest BCUT2D eigenvalue weighted by Crippen LogP contribution is -2.54. The molecule has 0 saturated carbocycles. The Labute approximate surface area is 243 Å². The number of piperidine rings is 1. The van der Waals surface area contributed by atoms with Gasteiger partial charge in [-0.3, -0.25) is 0 Å². The number of nitrogens with one attached hydrogen (secondary N) is 2. The number of amides is 3. The van der Waals surface area contributed by atoms with Crippen LogP contribution in [0, 0.1) is 0 Å². The molecule has 222 valence electrons. The van der Waals surface area contributed by atoms with Crippen molar-refractivity contribution >= 4 is 23.5 Å². The number of carbonyl (C=O) groups excluding carboxylic acids is 2. The summed E-state index contributed by atoms with van der Waals surface area (Å²) in [4.78, 5) is 27.5. The van der Waals surface area contributed by atoms with Crippen LogP contribution in [-0.4, -0.2) is 74.4 Å². The van der Waals surface area contributed by atoms with Gasteiger partial charge in [0.2, 0.25) is 0 Å². The van der Waals surface area contributed by atoms with Gasteiger partial charge in [-0.2, -0.15) is 5.10 Å². The van der Waals surface area contributed by atoms with E-state index in [-0.39, 0.29) is 23.7 Å². The number of anilines is 1. The zero-order valence-electron chi connectivity index (χ0n) is 25.5. The second-order valence-electron chi connectivity index (χ2n) is 12.0. The number of methoxy groups -OCH3 is 2. The molecule has 2 aliphatic heterocycles. The Morgan fingerprint density at radius 2 is 1.63 bits per heavy atom. The molecule has 10 heteroatoms. The molecule has 0 aromatic heterocycles. The van der Waals surface area contributed by atoms with Crippen molar-refractivity contribution in [1.82, 2.24) is 15.6 Å². The second kappa shape index (κ2) is 11.9. The van der Waals surface area contributed by atoms with Gasteiger partial charge in [-0.05, 0) is 83.7 Å². The molecule has 41 heavy (non-hydrogen) atoms. The summed E-state index contributed by atoms with van der Waals surface area (Å²) in [5.41, 5.74) is 3.74. The number of hydrogen-bond donors (Lipinski definition) is 2. The second-order valence-corrected chi connectivity index (χ2v) is 12.0. The van der Waals surface area contributed by atoms with E-state index in [9.17, 15) is 9.59 Å². The Kier molecular flexibility index (Phi) is 8.70. The van der Waals surface area contributed by atoms with Crippen molar-refractivity contribution in [2.75, 3.05) is 39.3 Å². The molecular weight excluding hydrogens is 522 g/mol. The minimum Gasteiger partial charge on any atom is -0.493 e. The van der Waals surface area contributed by atoms with Crippen molar-refractivity contribution in [3.05, 3.63) is 53.1 Å². The van der Waals surface area contributed by atoms with Crippen LogP contribution in [0.25, 0.3) is 0 Å². The molecule has 0 spiro atoms. The number of rotatable bonds is 5. The summed E-state index contributed by atoms with van der Waals surface area (Å²) in [6, 6.07) is 11.7. The minimum absolute atomic E-state index is 0.166. The summed E-state index contributed by atoms with van der Waals surface area (Å²) in [5.74, 6) is 1.24. The summed E-state index contributed by atoms with van der Waals surface area (Å²) in [5, 5.41) is 12.1. The van der Waals surface area contributed by atoms with Gasteiger partial charge >= 0.3 is 12.1 Å². The van der Waals surface area contributed by atoms with Crippen molar-refractivity contribution < 1.29 is 23.8 Å². The lowest BCUT2D eigenvalue weighted by Gasteiger charge is -2.41. The van der Waals surface area contributed by atoms with Crippen LogP contribution in [0.2, 0.25) is 0 Å². The fourth-order valence-corrected chi connectivity index (χ4v) is 5.31. The zero-order valence-corrected chi connectivity index (χ0v) is 25.5. The van der Waals surface area contributed by atoms with E-state index in [1.807, 2.05) is 52.0 Å². The maximum Gasteiger partial charge on any atom is 0.408 e. The Hall–Kier alpha value is -3.95. The lowest BCUT2D eigenvalue weighted by molar-refractivity contribution is 0.0448. The largest absolute Gasteiger partial charge is 0.493 e. The zero-order chi connectivity index (χ0) is 29.9. The molecule has 4 rings (SSSR count). The summed E-state index contributed by atoms with van der Waals surface area (Å²) in [6.45, 7) is 11.2. The van der Waals surface area contributed by atoms with E-state index in [1.165, 1.54) is 5.01 Å². The van der Waals surface area contributed by atoms with Crippen LogP contribution in [0.5, 0.6) is 11.5 Å². The molecule has 0 bridgehead atoms. The summed E-state index contributed by atoms with van der Waals surface area (Å²) < 4.78 is 16.6. The molecule has 1 unspecified atom stereocenters. The van der Waals surface area contributed by atoms with Crippen LogP contribution in [0.4, 0.5) is 15.3 Å².